The molecular weight excluding hydrogens is 373 g/mol. The summed E-state index contributed by atoms with van der Waals surface area (Å²) in [6.07, 6.45) is 0. The van der Waals surface area contributed by atoms with Crippen LogP contribution in [0.4, 0.5) is 4.39 Å². The van der Waals surface area contributed by atoms with Crippen LogP contribution in [0.1, 0.15) is 12.5 Å². The molecule has 0 unspecified atom stereocenters. The molecule has 26 heavy (non-hydrogen) atoms. The average Bonchev–Trinajstić information content (AvgIpc) is 3.23. The fraction of sp³-hybridized carbons (Fsp3) is 0.158. The van der Waals surface area contributed by atoms with Gasteiger partial charge in [-0.25, -0.2) is 4.39 Å². The zero-order chi connectivity index (χ0) is 18.1. The van der Waals surface area contributed by atoms with E-state index in [0.29, 0.717) is 28.9 Å². The van der Waals surface area contributed by atoms with Crippen molar-refractivity contribution >= 4 is 34.3 Å². The summed E-state index contributed by atoms with van der Waals surface area (Å²) in [5.41, 5.74) is 1.79. The molecule has 0 amide bonds. The lowest BCUT2D eigenvalue weighted by Crippen LogP contribution is -1.99. The topological polar surface area (TPSA) is 43.9 Å². The molecule has 0 saturated carbocycles. The number of rotatable bonds is 5. The van der Waals surface area contributed by atoms with Crippen LogP contribution in [0.2, 0.25) is 5.02 Å². The third-order valence-corrected chi connectivity index (χ3v) is 5.29. The van der Waals surface area contributed by atoms with Gasteiger partial charge in [-0.15, -0.1) is 10.2 Å². The first-order valence-electron chi connectivity index (χ1n) is 8.14. The van der Waals surface area contributed by atoms with E-state index in [1.54, 1.807) is 30.0 Å². The average molecular weight is 388 g/mol. The molecule has 2 aromatic heterocycles. The molecule has 0 aliphatic heterocycles. The summed E-state index contributed by atoms with van der Waals surface area (Å²) < 4.78 is 20.9. The molecule has 0 fully saturated rings. The van der Waals surface area contributed by atoms with Gasteiger partial charge in [-0.3, -0.25) is 4.57 Å². The summed E-state index contributed by atoms with van der Waals surface area (Å²) in [5.74, 6) is 1.79. The summed E-state index contributed by atoms with van der Waals surface area (Å²) in [4.78, 5) is 0. The Bertz CT molecular complexity index is 1060. The zero-order valence-corrected chi connectivity index (χ0v) is 15.5. The maximum absolute atomic E-state index is 13.0. The van der Waals surface area contributed by atoms with E-state index in [9.17, 15) is 4.39 Å². The summed E-state index contributed by atoms with van der Waals surface area (Å²) in [5, 5.41) is 11.0. The van der Waals surface area contributed by atoms with Gasteiger partial charge in [0.25, 0.3) is 0 Å². The molecule has 2 aromatic carbocycles. The van der Waals surface area contributed by atoms with Crippen molar-refractivity contribution in [2.75, 3.05) is 0 Å². The van der Waals surface area contributed by atoms with Gasteiger partial charge in [0.2, 0.25) is 5.82 Å². The monoisotopic (exact) mass is 387 g/mol. The van der Waals surface area contributed by atoms with Gasteiger partial charge in [-0.05, 0) is 48.9 Å². The molecule has 4 rings (SSSR count). The molecule has 132 valence electrons. The van der Waals surface area contributed by atoms with Crippen molar-refractivity contribution in [3.8, 4) is 11.6 Å². The summed E-state index contributed by atoms with van der Waals surface area (Å²) >= 11 is 7.60. The Hall–Kier alpha value is -2.31. The number of thioether (sulfide) groups is 1. The highest BCUT2D eigenvalue weighted by Gasteiger charge is 2.17. The van der Waals surface area contributed by atoms with Crippen molar-refractivity contribution in [1.29, 1.82) is 0 Å². The summed E-state index contributed by atoms with van der Waals surface area (Å²) in [7, 11) is 0. The van der Waals surface area contributed by atoms with Crippen LogP contribution in [0.3, 0.4) is 0 Å². The van der Waals surface area contributed by atoms with Crippen LogP contribution < -0.4 is 0 Å². The minimum absolute atomic E-state index is 0.234. The zero-order valence-electron chi connectivity index (χ0n) is 13.9. The molecule has 0 aliphatic rings. The Balaban J connectivity index is 1.62. The second-order valence-corrected chi connectivity index (χ2v) is 7.14. The largest absolute Gasteiger partial charge is 0.453 e. The van der Waals surface area contributed by atoms with Crippen LogP contribution in [0.15, 0.2) is 58.1 Å². The Morgan fingerprint density at radius 1 is 1.12 bits per heavy atom. The van der Waals surface area contributed by atoms with Crippen LogP contribution in [0.5, 0.6) is 0 Å². The van der Waals surface area contributed by atoms with E-state index in [1.807, 2.05) is 29.7 Å². The van der Waals surface area contributed by atoms with E-state index in [2.05, 4.69) is 10.2 Å². The van der Waals surface area contributed by atoms with Gasteiger partial charge in [0, 0.05) is 22.7 Å². The lowest BCUT2D eigenvalue weighted by atomic mass is 10.2. The normalized spacial score (nSPS) is 11.3. The highest BCUT2D eigenvalue weighted by molar-refractivity contribution is 7.98. The molecule has 0 bridgehead atoms. The van der Waals surface area contributed by atoms with E-state index < -0.39 is 0 Å². The summed E-state index contributed by atoms with van der Waals surface area (Å²) in [6, 6.07) is 13.9. The number of nitrogens with zero attached hydrogens (tertiary/aromatic N) is 3. The van der Waals surface area contributed by atoms with Crippen LogP contribution in [-0.4, -0.2) is 14.8 Å². The van der Waals surface area contributed by atoms with Crippen molar-refractivity contribution in [3.05, 3.63) is 64.9 Å². The van der Waals surface area contributed by atoms with E-state index >= 15 is 0 Å². The Labute approximate surface area is 159 Å². The maximum atomic E-state index is 13.0. The second kappa shape index (κ2) is 7.13. The molecule has 4 nitrogen and oxygen atoms in total. The highest BCUT2D eigenvalue weighted by Crippen LogP contribution is 2.31. The SMILES string of the molecule is CCn1c(SCc2ccc(F)cc2)nnc1-c1cc2cc(Cl)ccc2o1. The van der Waals surface area contributed by atoms with E-state index in [-0.39, 0.29) is 5.82 Å². The molecule has 4 aromatic rings. The van der Waals surface area contributed by atoms with Crippen molar-refractivity contribution in [1.82, 2.24) is 14.8 Å². The smallest absolute Gasteiger partial charge is 0.200 e. The maximum Gasteiger partial charge on any atom is 0.200 e. The lowest BCUT2D eigenvalue weighted by molar-refractivity contribution is 0.607. The first-order chi connectivity index (χ1) is 12.6. The predicted octanol–water partition coefficient (Wildman–Crippen LogP) is 5.80. The van der Waals surface area contributed by atoms with Crippen LogP contribution in [-0.2, 0) is 12.3 Å². The molecule has 0 radical (unpaired) electrons. The lowest BCUT2D eigenvalue weighted by Gasteiger charge is -2.05. The number of hydrogen-bond acceptors (Lipinski definition) is 4. The molecule has 0 spiro atoms. The molecule has 0 aliphatic carbocycles. The highest BCUT2D eigenvalue weighted by atomic mass is 35.5. The molecule has 0 saturated heterocycles. The fourth-order valence-corrected chi connectivity index (χ4v) is 3.85. The third kappa shape index (κ3) is 3.34. The van der Waals surface area contributed by atoms with Crippen molar-refractivity contribution in [2.24, 2.45) is 0 Å². The number of halogens is 2. The van der Waals surface area contributed by atoms with Crippen LogP contribution in [0, 0.1) is 5.82 Å². The van der Waals surface area contributed by atoms with Crippen LogP contribution >= 0.6 is 23.4 Å². The van der Waals surface area contributed by atoms with Gasteiger partial charge in [0.1, 0.15) is 11.4 Å². The van der Waals surface area contributed by atoms with Crippen LogP contribution in [0.25, 0.3) is 22.6 Å². The number of hydrogen-bond donors (Lipinski definition) is 0. The minimum atomic E-state index is -0.234. The first-order valence-corrected chi connectivity index (χ1v) is 9.50. The number of benzene rings is 2. The fourth-order valence-electron chi connectivity index (χ4n) is 2.72. The van der Waals surface area contributed by atoms with Gasteiger partial charge >= 0.3 is 0 Å². The Morgan fingerprint density at radius 2 is 1.92 bits per heavy atom. The predicted molar refractivity (Wildman–Crippen MR) is 102 cm³/mol. The second-order valence-electron chi connectivity index (χ2n) is 5.76. The standard InChI is InChI=1S/C19H15ClFN3OS/c1-2-24-18(17-10-13-9-14(20)5-8-16(13)25-17)22-23-19(24)26-11-12-3-6-15(21)7-4-12/h3-10H,2,11H2,1H3. The Kier molecular flexibility index (Phi) is 4.70. The summed E-state index contributed by atoms with van der Waals surface area (Å²) in [6.45, 7) is 2.75. The van der Waals surface area contributed by atoms with E-state index in [4.69, 9.17) is 16.0 Å². The molecule has 0 N–H and O–H groups in total. The molecule has 0 atom stereocenters. The van der Waals surface area contributed by atoms with Gasteiger partial charge in [-0.1, -0.05) is 35.5 Å². The van der Waals surface area contributed by atoms with E-state index in [1.165, 1.54) is 12.1 Å². The van der Waals surface area contributed by atoms with Gasteiger partial charge < -0.3 is 4.42 Å². The van der Waals surface area contributed by atoms with Gasteiger partial charge in [0.15, 0.2) is 10.9 Å². The first kappa shape index (κ1) is 17.1. The number of furan rings is 1. The van der Waals surface area contributed by atoms with Crippen molar-refractivity contribution in [3.63, 3.8) is 0 Å². The molecule has 2 heterocycles. The Morgan fingerprint density at radius 3 is 2.69 bits per heavy atom. The van der Waals surface area contributed by atoms with Gasteiger partial charge in [0.05, 0.1) is 0 Å². The number of aromatic nitrogens is 3. The van der Waals surface area contributed by atoms with Gasteiger partial charge in [-0.2, -0.15) is 0 Å². The third-order valence-electron chi connectivity index (χ3n) is 4.01. The minimum Gasteiger partial charge on any atom is -0.453 e. The van der Waals surface area contributed by atoms with Crippen molar-refractivity contribution in [2.45, 2.75) is 24.4 Å². The van der Waals surface area contributed by atoms with Crippen molar-refractivity contribution < 1.29 is 8.81 Å². The van der Waals surface area contributed by atoms with E-state index in [0.717, 1.165) is 21.7 Å². The molecular formula is C19H15ClFN3OS. The number of fused-ring (bicyclic) bond motifs is 1. The quantitative estimate of drug-likeness (QED) is 0.406. The molecule has 7 heteroatoms.